The molecule has 0 spiro atoms. The molecule has 1 N–H and O–H groups in total. The van der Waals surface area contributed by atoms with E-state index in [1.54, 1.807) is 18.2 Å². The maximum absolute atomic E-state index is 13.2. The van der Waals surface area contributed by atoms with Crippen LogP contribution in [0.4, 0.5) is 10.1 Å². The first-order valence-electron chi connectivity index (χ1n) is 8.79. The topological polar surface area (TPSA) is 77.8 Å². The normalized spacial score (nSPS) is 10.7. The van der Waals surface area contributed by atoms with Crippen molar-refractivity contribution in [1.82, 2.24) is 14.4 Å². The average molecular weight is 392 g/mol. The first-order chi connectivity index (χ1) is 14.1. The van der Waals surface area contributed by atoms with Gasteiger partial charge in [0.15, 0.2) is 11.5 Å². The van der Waals surface area contributed by atoms with Gasteiger partial charge in [-0.15, -0.1) is 0 Å². The molecule has 0 aliphatic heterocycles. The van der Waals surface area contributed by atoms with E-state index in [9.17, 15) is 9.18 Å². The van der Waals surface area contributed by atoms with Crippen molar-refractivity contribution in [2.24, 2.45) is 0 Å². The molecule has 29 heavy (non-hydrogen) atoms. The second kappa shape index (κ2) is 7.97. The fourth-order valence-electron chi connectivity index (χ4n) is 2.82. The van der Waals surface area contributed by atoms with Crippen molar-refractivity contribution in [2.75, 3.05) is 12.4 Å². The number of anilines is 1. The molecule has 1 aromatic carbocycles. The summed E-state index contributed by atoms with van der Waals surface area (Å²) >= 11 is 0. The largest absolute Gasteiger partial charge is 0.493 e. The minimum absolute atomic E-state index is 0.167. The molecule has 146 valence electrons. The highest BCUT2D eigenvalue weighted by molar-refractivity contribution is 6.04. The van der Waals surface area contributed by atoms with Crippen molar-refractivity contribution >= 4 is 17.2 Å². The SMILES string of the molecule is COc1ccc(NC(=O)c2ccnc(F)c2)cc1OCc1cn2ccccc2n1. The number of nitrogens with zero attached hydrogens (tertiary/aromatic N) is 3. The van der Waals surface area contributed by atoms with Crippen LogP contribution in [0.2, 0.25) is 0 Å². The van der Waals surface area contributed by atoms with Gasteiger partial charge in [-0.1, -0.05) is 6.07 Å². The van der Waals surface area contributed by atoms with Crippen molar-refractivity contribution in [3.05, 3.63) is 84.3 Å². The van der Waals surface area contributed by atoms with Gasteiger partial charge in [0.25, 0.3) is 5.91 Å². The number of fused-ring (bicyclic) bond motifs is 1. The van der Waals surface area contributed by atoms with E-state index in [1.165, 1.54) is 19.4 Å². The van der Waals surface area contributed by atoms with Crippen LogP contribution in [0.25, 0.3) is 5.65 Å². The molecule has 3 aromatic heterocycles. The lowest BCUT2D eigenvalue weighted by Gasteiger charge is -2.12. The van der Waals surface area contributed by atoms with Gasteiger partial charge >= 0.3 is 0 Å². The molecular weight excluding hydrogens is 375 g/mol. The Labute approximate surface area is 165 Å². The lowest BCUT2D eigenvalue weighted by atomic mass is 10.2. The van der Waals surface area contributed by atoms with Gasteiger partial charge in [0.05, 0.1) is 12.8 Å². The number of hydrogen-bond donors (Lipinski definition) is 1. The first-order valence-corrected chi connectivity index (χ1v) is 8.79. The molecule has 3 heterocycles. The summed E-state index contributed by atoms with van der Waals surface area (Å²) in [5.74, 6) is -0.211. The zero-order chi connectivity index (χ0) is 20.2. The van der Waals surface area contributed by atoms with Crippen LogP contribution in [0.1, 0.15) is 16.1 Å². The minimum Gasteiger partial charge on any atom is -0.493 e. The zero-order valence-corrected chi connectivity index (χ0v) is 15.5. The number of amides is 1. The molecular formula is C21H17FN4O3. The van der Waals surface area contributed by atoms with Crippen LogP contribution in [-0.4, -0.2) is 27.4 Å². The summed E-state index contributed by atoms with van der Waals surface area (Å²) in [6.07, 6.45) is 5.03. The summed E-state index contributed by atoms with van der Waals surface area (Å²) in [5, 5.41) is 2.71. The summed E-state index contributed by atoms with van der Waals surface area (Å²) in [6.45, 7) is 0.227. The second-order valence-electron chi connectivity index (χ2n) is 6.17. The second-order valence-corrected chi connectivity index (χ2v) is 6.17. The number of rotatable bonds is 6. The summed E-state index contributed by atoms with van der Waals surface area (Å²) < 4.78 is 26.3. The lowest BCUT2D eigenvalue weighted by molar-refractivity contribution is 0.102. The Morgan fingerprint density at radius 3 is 2.86 bits per heavy atom. The number of imidazole rings is 1. The highest BCUT2D eigenvalue weighted by atomic mass is 19.1. The van der Waals surface area contributed by atoms with Gasteiger partial charge in [-0.25, -0.2) is 9.97 Å². The number of pyridine rings is 2. The van der Waals surface area contributed by atoms with E-state index in [1.807, 2.05) is 35.0 Å². The Balaban J connectivity index is 1.51. The van der Waals surface area contributed by atoms with E-state index in [2.05, 4.69) is 15.3 Å². The molecule has 0 saturated carbocycles. The quantitative estimate of drug-likeness (QED) is 0.506. The maximum atomic E-state index is 13.2. The first kappa shape index (κ1) is 18.4. The molecule has 0 fully saturated rings. The molecule has 4 rings (SSSR count). The molecule has 0 saturated heterocycles. The Morgan fingerprint density at radius 1 is 1.17 bits per heavy atom. The predicted octanol–water partition coefficient (Wildman–Crippen LogP) is 3.71. The number of methoxy groups -OCH3 is 1. The van der Waals surface area contributed by atoms with E-state index in [4.69, 9.17) is 9.47 Å². The highest BCUT2D eigenvalue weighted by Crippen LogP contribution is 2.31. The molecule has 8 heteroatoms. The fourth-order valence-corrected chi connectivity index (χ4v) is 2.82. The highest BCUT2D eigenvalue weighted by Gasteiger charge is 2.12. The van der Waals surface area contributed by atoms with Gasteiger partial charge < -0.3 is 19.2 Å². The molecule has 1 amide bonds. The Hall–Kier alpha value is -3.94. The van der Waals surface area contributed by atoms with Crippen molar-refractivity contribution in [3.63, 3.8) is 0 Å². The van der Waals surface area contributed by atoms with E-state index in [0.717, 1.165) is 17.4 Å². The zero-order valence-electron chi connectivity index (χ0n) is 15.5. The molecule has 0 radical (unpaired) electrons. The number of hydrogen-bond acceptors (Lipinski definition) is 5. The predicted molar refractivity (Wildman–Crippen MR) is 105 cm³/mol. The molecule has 0 aliphatic carbocycles. The van der Waals surface area contributed by atoms with Crippen LogP contribution < -0.4 is 14.8 Å². The Morgan fingerprint density at radius 2 is 2.07 bits per heavy atom. The minimum atomic E-state index is -0.719. The number of benzene rings is 1. The molecule has 0 aliphatic rings. The maximum Gasteiger partial charge on any atom is 0.255 e. The lowest BCUT2D eigenvalue weighted by Crippen LogP contribution is -2.12. The summed E-state index contributed by atoms with van der Waals surface area (Å²) in [5.41, 5.74) is 2.22. The van der Waals surface area contributed by atoms with Crippen molar-refractivity contribution in [3.8, 4) is 11.5 Å². The smallest absolute Gasteiger partial charge is 0.255 e. The number of ether oxygens (including phenoxy) is 2. The van der Waals surface area contributed by atoms with Gasteiger partial charge in [-0.2, -0.15) is 4.39 Å². The molecule has 0 bridgehead atoms. The third kappa shape index (κ3) is 4.16. The molecule has 0 unspecified atom stereocenters. The van der Waals surface area contributed by atoms with Crippen LogP contribution in [0.15, 0.2) is 67.1 Å². The Kier molecular flexibility index (Phi) is 5.07. The third-order valence-corrected chi connectivity index (χ3v) is 4.20. The van der Waals surface area contributed by atoms with E-state index in [-0.39, 0.29) is 12.2 Å². The molecule has 7 nitrogen and oxygen atoms in total. The van der Waals surface area contributed by atoms with Crippen LogP contribution in [0, 0.1) is 5.95 Å². The summed E-state index contributed by atoms with van der Waals surface area (Å²) in [6, 6.07) is 13.2. The fraction of sp³-hybridized carbons (Fsp3) is 0.0952. The number of carbonyl (C=O) groups is 1. The van der Waals surface area contributed by atoms with Crippen LogP contribution in [-0.2, 0) is 6.61 Å². The van der Waals surface area contributed by atoms with Gasteiger partial charge in [-0.3, -0.25) is 4.79 Å². The summed E-state index contributed by atoms with van der Waals surface area (Å²) in [4.78, 5) is 20.3. The van der Waals surface area contributed by atoms with E-state index in [0.29, 0.717) is 17.2 Å². The van der Waals surface area contributed by atoms with E-state index < -0.39 is 11.9 Å². The third-order valence-electron chi connectivity index (χ3n) is 4.20. The number of aromatic nitrogens is 3. The summed E-state index contributed by atoms with van der Waals surface area (Å²) in [7, 11) is 1.53. The van der Waals surface area contributed by atoms with Gasteiger partial charge in [0.2, 0.25) is 5.95 Å². The van der Waals surface area contributed by atoms with Crippen LogP contribution in [0.5, 0.6) is 11.5 Å². The monoisotopic (exact) mass is 392 g/mol. The van der Waals surface area contributed by atoms with Crippen LogP contribution in [0.3, 0.4) is 0 Å². The average Bonchev–Trinajstić information content (AvgIpc) is 3.15. The molecule has 0 atom stereocenters. The van der Waals surface area contributed by atoms with Crippen molar-refractivity contribution in [1.29, 1.82) is 0 Å². The molecule has 4 aromatic rings. The number of carbonyl (C=O) groups excluding carboxylic acids is 1. The number of nitrogens with one attached hydrogen (secondary N) is 1. The van der Waals surface area contributed by atoms with E-state index >= 15 is 0 Å². The Bertz CT molecular complexity index is 1140. The van der Waals surface area contributed by atoms with Crippen molar-refractivity contribution in [2.45, 2.75) is 6.61 Å². The number of halogens is 1. The van der Waals surface area contributed by atoms with Gasteiger partial charge in [0.1, 0.15) is 12.3 Å². The van der Waals surface area contributed by atoms with Gasteiger partial charge in [-0.05, 0) is 30.3 Å². The van der Waals surface area contributed by atoms with Gasteiger partial charge in [0, 0.05) is 42.0 Å². The van der Waals surface area contributed by atoms with Crippen molar-refractivity contribution < 1.29 is 18.7 Å². The van der Waals surface area contributed by atoms with Crippen LogP contribution >= 0.6 is 0 Å². The standard InChI is InChI=1S/C21H17FN4O3/c1-28-17-6-5-15(25-21(27)14-7-8-23-19(22)10-14)11-18(17)29-13-16-12-26-9-3-2-4-20(26)24-16/h2-12H,13H2,1H3,(H,25,27).